The first-order valence-corrected chi connectivity index (χ1v) is 9.64. The molecular formula is C21H24LrN5-. The summed E-state index contributed by atoms with van der Waals surface area (Å²) in [6.07, 6.45) is 12.3. The van der Waals surface area contributed by atoms with Crippen molar-refractivity contribution in [3.8, 4) is 11.4 Å². The number of hydrogen-bond acceptors (Lipinski definition) is 4. The SMILES string of the molecule is C[C-]1CCCCN(c2nccc(-c3cnc4ccc(C5CC5)cn34)n2)C1.[Lr]. The summed E-state index contributed by atoms with van der Waals surface area (Å²) >= 11 is 0. The Morgan fingerprint density at radius 3 is 2.85 bits per heavy atom. The van der Waals surface area contributed by atoms with Gasteiger partial charge in [0.25, 0.3) is 0 Å². The van der Waals surface area contributed by atoms with Crippen LogP contribution in [0.25, 0.3) is 17.0 Å². The Bertz CT molecular complexity index is 933. The van der Waals surface area contributed by atoms with Crippen LogP contribution in [0.4, 0.5) is 5.95 Å². The summed E-state index contributed by atoms with van der Waals surface area (Å²) in [6.45, 7) is 4.23. The maximum Gasteiger partial charge on any atom is 0.223 e. The van der Waals surface area contributed by atoms with Crippen molar-refractivity contribution in [2.75, 3.05) is 18.0 Å². The molecule has 0 spiro atoms. The molecule has 0 amide bonds. The molecule has 1 aliphatic carbocycles. The van der Waals surface area contributed by atoms with E-state index in [0.29, 0.717) is 0 Å². The topological polar surface area (TPSA) is 46.3 Å². The van der Waals surface area contributed by atoms with E-state index in [0.717, 1.165) is 42.0 Å². The van der Waals surface area contributed by atoms with Crippen molar-refractivity contribution >= 4 is 11.6 Å². The van der Waals surface area contributed by atoms with Gasteiger partial charge in [-0.3, -0.25) is 10.3 Å². The summed E-state index contributed by atoms with van der Waals surface area (Å²) in [5.41, 5.74) is 4.37. The number of imidazole rings is 1. The molecule has 6 heteroatoms. The Kier molecular flexibility index (Phi) is 4.22. The Morgan fingerprint density at radius 1 is 1.11 bits per heavy atom. The van der Waals surface area contributed by atoms with Crippen molar-refractivity contribution in [3.05, 3.63) is 48.3 Å². The zero-order valence-electron chi connectivity index (χ0n) is 15.5. The summed E-state index contributed by atoms with van der Waals surface area (Å²) in [5.74, 6) is 3.07. The van der Waals surface area contributed by atoms with Gasteiger partial charge in [0.2, 0.25) is 5.95 Å². The van der Waals surface area contributed by atoms with E-state index in [4.69, 9.17) is 4.98 Å². The van der Waals surface area contributed by atoms with Gasteiger partial charge in [0.15, 0.2) is 0 Å². The standard InChI is InChI=1S/C21H24N5.Lr/c1-15-4-2-3-11-25(13-15)21-22-10-9-18(24-21)19-12-23-20-8-7-17(14-26(19)20)16-5-6-16;/h7-10,12,14,16H,2-6,11,13H2,1H3;/q-1;. The predicted octanol–water partition coefficient (Wildman–Crippen LogP) is 4.25. The van der Waals surface area contributed by atoms with Crippen LogP contribution in [0.3, 0.4) is 0 Å². The number of anilines is 1. The molecule has 3 aromatic rings. The van der Waals surface area contributed by atoms with Gasteiger partial charge in [-0.1, -0.05) is 12.5 Å². The van der Waals surface area contributed by atoms with Crippen molar-refractivity contribution in [1.29, 1.82) is 0 Å². The van der Waals surface area contributed by atoms with Gasteiger partial charge in [-0.25, -0.2) is 15.0 Å². The van der Waals surface area contributed by atoms with E-state index in [1.807, 2.05) is 18.5 Å². The molecule has 2 aliphatic rings. The molecule has 4 heterocycles. The van der Waals surface area contributed by atoms with Gasteiger partial charge in [0.1, 0.15) is 5.65 Å². The van der Waals surface area contributed by atoms with Crippen LogP contribution in [0.1, 0.15) is 50.5 Å². The average Bonchev–Trinajstić information content (AvgIpc) is 3.46. The van der Waals surface area contributed by atoms with Gasteiger partial charge < -0.3 is 4.90 Å². The molecule has 1 saturated heterocycles. The Hall–Kier alpha value is -3.43. The van der Waals surface area contributed by atoms with Gasteiger partial charge in [-0.15, -0.1) is 6.54 Å². The number of fused-ring (bicyclic) bond motifs is 1. The van der Waals surface area contributed by atoms with E-state index in [2.05, 4.69) is 44.5 Å². The van der Waals surface area contributed by atoms with Gasteiger partial charge in [0.05, 0.1) is 17.6 Å². The van der Waals surface area contributed by atoms with Crippen LogP contribution in [0.5, 0.6) is 0 Å². The quantitative estimate of drug-likeness (QED) is 0.418. The first-order chi connectivity index (χ1) is 12.8. The zero-order valence-corrected chi connectivity index (χ0v) is 17.6. The van der Waals surface area contributed by atoms with E-state index < -0.39 is 0 Å². The minimum absolute atomic E-state index is 0. The van der Waals surface area contributed by atoms with Crippen molar-refractivity contribution in [1.82, 2.24) is 19.4 Å². The number of nitrogens with zero attached hydrogens (tertiary/aromatic N) is 5. The molecule has 27 heavy (non-hydrogen) atoms. The van der Waals surface area contributed by atoms with Crippen LogP contribution in [-0.2, 0) is 0 Å². The molecule has 0 bridgehead atoms. The smallest absolute Gasteiger partial charge is 0.223 e. The summed E-state index contributed by atoms with van der Waals surface area (Å²) in [6, 6.07) is 6.32. The molecule has 149 valence electrons. The first-order valence-electron chi connectivity index (χ1n) is 9.64. The molecule has 0 N–H and O–H groups in total. The molecule has 2 fully saturated rings. The van der Waals surface area contributed by atoms with E-state index in [1.165, 1.54) is 43.6 Å². The minimum Gasteiger partial charge on any atom is -0.370 e. The third-order valence-corrected chi connectivity index (χ3v) is 5.51. The molecule has 5 nitrogen and oxygen atoms in total. The molecule has 0 aromatic carbocycles. The van der Waals surface area contributed by atoms with E-state index in [9.17, 15) is 0 Å². The van der Waals surface area contributed by atoms with Gasteiger partial charge >= 0.3 is 0 Å². The summed E-state index contributed by atoms with van der Waals surface area (Å²) in [4.78, 5) is 16.3. The van der Waals surface area contributed by atoms with Crippen LogP contribution in [0.15, 0.2) is 36.8 Å². The Balaban J connectivity index is 0.00000180. The first kappa shape index (κ1) is 17.0. The maximum absolute atomic E-state index is 4.90. The van der Waals surface area contributed by atoms with Crippen LogP contribution >= 0.6 is 0 Å². The summed E-state index contributed by atoms with van der Waals surface area (Å²) in [5, 5.41) is 0. The molecular weight excluding hydrogens is 584 g/mol. The minimum atomic E-state index is 0. The monoisotopic (exact) mass is 608 g/mol. The van der Waals surface area contributed by atoms with Gasteiger partial charge in [-0.2, -0.15) is 13.3 Å². The van der Waals surface area contributed by atoms with E-state index >= 15 is 0 Å². The number of pyridine rings is 1. The number of rotatable bonds is 3. The normalized spacial score (nSPS) is 18.3. The molecule has 0 unspecified atom stereocenters. The second-order valence-electron chi connectivity index (χ2n) is 7.69. The molecule has 1 aliphatic heterocycles. The third kappa shape index (κ3) is 3.21. The summed E-state index contributed by atoms with van der Waals surface area (Å²) < 4.78 is 2.18. The summed E-state index contributed by atoms with van der Waals surface area (Å²) in [7, 11) is 0. The van der Waals surface area contributed by atoms with E-state index in [-0.39, 0.29) is 0 Å². The predicted molar refractivity (Wildman–Crippen MR) is 103 cm³/mol. The molecule has 3 aromatic heterocycles. The fraction of sp³-hybridized carbons (Fsp3) is 0.429. The van der Waals surface area contributed by atoms with Crippen LogP contribution in [0.2, 0.25) is 0 Å². The van der Waals surface area contributed by atoms with E-state index in [1.54, 1.807) is 0 Å². The maximum atomic E-state index is 4.90. The zero-order chi connectivity index (χ0) is 17.5. The molecule has 0 atom stereocenters. The Morgan fingerprint density at radius 2 is 2.00 bits per heavy atom. The Labute approximate surface area is 154 Å². The fourth-order valence-electron chi connectivity index (χ4n) is 3.87. The second-order valence-corrected chi connectivity index (χ2v) is 7.69. The average molecular weight is 608 g/mol. The van der Waals surface area contributed by atoms with Crippen LogP contribution in [-0.4, -0.2) is 32.4 Å². The van der Waals surface area contributed by atoms with Crippen molar-refractivity contribution in [2.45, 2.75) is 44.9 Å². The van der Waals surface area contributed by atoms with Crippen LogP contribution in [0, 0.1) is 5.92 Å². The number of aromatic nitrogens is 4. The van der Waals surface area contributed by atoms with Crippen molar-refractivity contribution in [3.63, 3.8) is 0 Å². The second kappa shape index (κ2) is 6.71. The van der Waals surface area contributed by atoms with Gasteiger partial charge in [0, 0.05) is 18.9 Å². The number of hydrogen-bond donors (Lipinski definition) is 0. The van der Waals surface area contributed by atoms with Crippen molar-refractivity contribution in [2.24, 2.45) is 0 Å². The molecule has 1 radical (unpaired) electrons. The molecule has 1 saturated carbocycles. The van der Waals surface area contributed by atoms with Gasteiger partial charge in [-0.05, 0) is 42.9 Å². The largest absolute Gasteiger partial charge is 0.370 e. The van der Waals surface area contributed by atoms with Crippen LogP contribution < -0.4 is 4.90 Å². The fourth-order valence-corrected chi connectivity index (χ4v) is 3.87. The van der Waals surface area contributed by atoms with Crippen molar-refractivity contribution < 1.29 is 0 Å². The third-order valence-electron chi connectivity index (χ3n) is 5.51. The molecule has 5 rings (SSSR count).